The molecule has 0 aliphatic rings. The van der Waals surface area contributed by atoms with Crippen LogP contribution in [0.2, 0.25) is 0 Å². The van der Waals surface area contributed by atoms with Gasteiger partial charge in [0.1, 0.15) is 11.6 Å². The fraction of sp³-hybridized carbons (Fsp3) is 0.250. The molecule has 0 atom stereocenters. The zero-order chi connectivity index (χ0) is 24.5. The van der Waals surface area contributed by atoms with Gasteiger partial charge in [0.05, 0.1) is 23.4 Å². The van der Waals surface area contributed by atoms with Gasteiger partial charge in [-0.05, 0) is 72.9 Å². The molecule has 6 heteroatoms. The quantitative estimate of drug-likeness (QED) is 0.265. The number of nitrogens with zero attached hydrogens (tertiary/aromatic N) is 1. The number of rotatable bonds is 6. The Labute approximate surface area is 196 Å². The average molecular weight is 468 g/mol. The Bertz CT molecular complexity index is 1310. The zero-order valence-corrected chi connectivity index (χ0v) is 19.2. The van der Waals surface area contributed by atoms with E-state index < -0.39 is 17.6 Å². The van der Waals surface area contributed by atoms with Crippen molar-refractivity contribution in [3.05, 3.63) is 83.7 Å². The smallest absolute Gasteiger partial charge is 0.416 e. The molecule has 0 radical (unpaired) electrons. The zero-order valence-electron chi connectivity index (χ0n) is 19.2. The first-order valence-electron chi connectivity index (χ1n) is 11.1. The lowest BCUT2D eigenvalue weighted by Crippen LogP contribution is -2.04. The maximum Gasteiger partial charge on any atom is 0.416 e. The van der Waals surface area contributed by atoms with Crippen LogP contribution in [0.15, 0.2) is 66.7 Å². The topological polar surface area (TPSA) is 22.1 Å². The number of hydrogen-bond donors (Lipinski definition) is 0. The molecule has 4 rings (SSSR count). The van der Waals surface area contributed by atoms with Gasteiger partial charge < -0.3 is 4.74 Å². The Balaban J connectivity index is 1.59. The summed E-state index contributed by atoms with van der Waals surface area (Å²) in [6, 6.07) is 17.3. The predicted molar refractivity (Wildman–Crippen MR) is 127 cm³/mol. The molecule has 0 bridgehead atoms. The summed E-state index contributed by atoms with van der Waals surface area (Å²) in [5.41, 5.74) is 2.59. The molecule has 4 aromatic rings. The monoisotopic (exact) mass is 467 g/mol. The van der Waals surface area contributed by atoms with E-state index in [1.165, 1.54) is 12.1 Å². The first-order chi connectivity index (χ1) is 16.1. The summed E-state index contributed by atoms with van der Waals surface area (Å²) in [5, 5.41) is 0.423. The molecule has 176 valence electrons. The SMILES string of the molecule is Cc1cc(-c2ccc(-c3ccc(OCCC(C)C)cc3)c(F)c2)nc2ccc(C(F)(F)F)cc12. The van der Waals surface area contributed by atoms with Crippen molar-refractivity contribution in [1.82, 2.24) is 4.98 Å². The molecule has 0 aliphatic carbocycles. The third kappa shape index (κ3) is 5.22. The van der Waals surface area contributed by atoms with E-state index in [0.717, 1.165) is 29.9 Å². The molecule has 1 heterocycles. The summed E-state index contributed by atoms with van der Waals surface area (Å²) < 4.78 is 59.9. The van der Waals surface area contributed by atoms with E-state index in [-0.39, 0.29) is 0 Å². The molecule has 0 unspecified atom stereocenters. The highest BCUT2D eigenvalue weighted by Gasteiger charge is 2.30. The van der Waals surface area contributed by atoms with Crippen LogP contribution >= 0.6 is 0 Å². The Morgan fingerprint density at radius 3 is 2.24 bits per heavy atom. The highest BCUT2D eigenvalue weighted by molar-refractivity contribution is 5.86. The van der Waals surface area contributed by atoms with Crippen LogP contribution < -0.4 is 4.74 Å². The molecule has 0 N–H and O–H groups in total. The molecule has 1 aromatic heterocycles. The van der Waals surface area contributed by atoms with E-state index in [2.05, 4.69) is 18.8 Å². The molecule has 0 amide bonds. The molecule has 2 nitrogen and oxygen atoms in total. The maximum absolute atomic E-state index is 15.0. The van der Waals surface area contributed by atoms with Gasteiger partial charge in [-0.15, -0.1) is 0 Å². The standard InChI is InChI=1S/C28H25F4NO/c1-17(2)12-13-34-22-8-4-19(5-9-22)23-10-6-20(15-25(23)29)27-14-18(3)24-16-21(28(30,31)32)7-11-26(24)33-27/h4-11,14-17H,12-13H2,1-3H3. The van der Waals surface area contributed by atoms with Crippen molar-refractivity contribution in [3.63, 3.8) is 0 Å². The summed E-state index contributed by atoms with van der Waals surface area (Å²) in [7, 11) is 0. The van der Waals surface area contributed by atoms with Crippen molar-refractivity contribution in [1.29, 1.82) is 0 Å². The van der Waals surface area contributed by atoms with Gasteiger partial charge in [0.15, 0.2) is 0 Å². The number of pyridine rings is 1. The number of aryl methyl sites for hydroxylation is 1. The second-order valence-corrected chi connectivity index (χ2v) is 8.80. The third-order valence-corrected chi connectivity index (χ3v) is 5.74. The van der Waals surface area contributed by atoms with Crippen LogP contribution in [0, 0.1) is 18.7 Å². The molecular formula is C28H25F4NO. The first-order valence-corrected chi connectivity index (χ1v) is 11.1. The van der Waals surface area contributed by atoms with Gasteiger partial charge in [0.25, 0.3) is 0 Å². The van der Waals surface area contributed by atoms with Gasteiger partial charge >= 0.3 is 6.18 Å². The lowest BCUT2D eigenvalue weighted by molar-refractivity contribution is -0.137. The van der Waals surface area contributed by atoms with E-state index in [9.17, 15) is 13.2 Å². The van der Waals surface area contributed by atoms with Crippen LogP contribution in [0.25, 0.3) is 33.3 Å². The summed E-state index contributed by atoms with van der Waals surface area (Å²) in [6.45, 7) is 6.63. The van der Waals surface area contributed by atoms with Gasteiger partial charge in [0, 0.05) is 16.5 Å². The van der Waals surface area contributed by atoms with Crippen molar-refractivity contribution in [2.45, 2.75) is 33.4 Å². The summed E-state index contributed by atoms with van der Waals surface area (Å²) in [5.74, 6) is 0.897. The fourth-order valence-corrected chi connectivity index (χ4v) is 3.77. The van der Waals surface area contributed by atoms with Gasteiger partial charge in [-0.2, -0.15) is 13.2 Å². The van der Waals surface area contributed by atoms with Crippen LogP contribution in [-0.2, 0) is 6.18 Å². The van der Waals surface area contributed by atoms with Crippen molar-refractivity contribution in [3.8, 4) is 28.1 Å². The number of fused-ring (bicyclic) bond motifs is 1. The number of aromatic nitrogens is 1. The van der Waals surface area contributed by atoms with E-state index in [1.807, 2.05) is 24.3 Å². The van der Waals surface area contributed by atoms with E-state index >= 15 is 4.39 Å². The third-order valence-electron chi connectivity index (χ3n) is 5.74. The Hall–Kier alpha value is -3.41. The van der Waals surface area contributed by atoms with E-state index in [1.54, 1.807) is 25.1 Å². The lowest BCUT2D eigenvalue weighted by Gasteiger charge is -2.12. The minimum Gasteiger partial charge on any atom is -0.494 e. The lowest BCUT2D eigenvalue weighted by atomic mass is 9.99. The van der Waals surface area contributed by atoms with Crippen molar-refractivity contribution in [2.24, 2.45) is 5.92 Å². The largest absolute Gasteiger partial charge is 0.494 e. The van der Waals surface area contributed by atoms with Gasteiger partial charge in [-0.3, -0.25) is 0 Å². The minimum atomic E-state index is -4.42. The molecule has 0 aliphatic heterocycles. The summed E-state index contributed by atoms with van der Waals surface area (Å²) in [6.07, 6.45) is -3.46. The van der Waals surface area contributed by atoms with Crippen molar-refractivity contribution < 1.29 is 22.3 Å². The van der Waals surface area contributed by atoms with E-state index in [4.69, 9.17) is 4.74 Å². The molecular weight excluding hydrogens is 442 g/mol. The second-order valence-electron chi connectivity index (χ2n) is 8.80. The number of halogens is 4. The van der Waals surface area contributed by atoms with Crippen LogP contribution in [0.1, 0.15) is 31.4 Å². The Morgan fingerprint density at radius 1 is 0.882 bits per heavy atom. The number of alkyl halides is 3. The Kier molecular flexibility index (Phi) is 6.60. The Morgan fingerprint density at radius 2 is 1.59 bits per heavy atom. The fourth-order valence-electron chi connectivity index (χ4n) is 3.77. The second kappa shape index (κ2) is 9.45. The average Bonchev–Trinajstić information content (AvgIpc) is 2.78. The minimum absolute atomic E-state index is 0.405. The highest BCUT2D eigenvalue weighted by Crippen LogP contribution is 2.34. The predicted octanol–water partition coefficient (Wildman–Crippen LogP) is 8.46. The maximum atomic E-state index is 15.0. The first kappa shape index (κ1) is 23.7. The highest BCUT2D eigenvalue weighted by atomic mass is 19.4. The number of hydrogen-bond acceptors (Lipinski definition) is 2. The van der Waals surface area contributed by atoms with Gasteiger partial charge in [-0.25, -0.2) is 9.37 Å². The summed E-state index contributed by atoms with van der Waals surface area (Å²) in [4.78, 5) is 4.47. The van der Waals surface area contributed by atoms with Crippen LogP contribution in [0.4, 0.5) is 17.6 Å². The normalized spacial score (nSPS) is 11.9. The van der Waals surface area contributed by atoms with Crippen molar-refractivity contribution in [2.75, 3.05) is 6.61 Å². The van der Waals surface area contributed by atoms with Gasteiger partial charge in [0.2, 0.25) is 0 Å². The van der Waals surface area contributed by atoms with Crippen molar-refractivity contribution >= 4 is 10.9 Å². The number of ether oxygens (including phenoxy) is 1. The van der Waals surface area contributed by atoms with Crippen LogP contribution in [0.5, 0.6) is 5.75 Å². The van der Waals surface area contributed by atoms with Gasteiger partial charge in [-0.1, -0.05) is 38.1 Å². The van der Waals surface area contributed by atoms with Crippen LogP contribution in [0.3, 0.4) is 0 Å². The number of benzene rings is 3. The molecule has 0 spiro atoms. The molecule has 3 aromatic carbocycles. The van der Waals surface area contributed by atoms with Crippen LogP contribution in [-0.4, -0.2) is 11.6 Å². The van der Waals surface area contributed by atoms with E-state index in [0.29, 0.717) is 45.8 Å². The molecule has 0 fully saturated rings. The summed E-state index contributed by atoms with van der Waals surface area (Å²) >= 11 is 0. The molecule has 34 heavy (non-hydrogen) atoms. The molecule has 0 saturated carbocycles. The molecule has 0 saturated heterocycles.